The Bertz CT molecular complexity index is 660. The molecular weight excluding hydrogens is 316 g/mol. The molecule has 2 atom stereocenters. The third-order valence-electron chi connectivity index (χ3n) is 4.72. The molecule has 0 bridgehead atoms. The number of benzene rings is 1. The van der Waals surface area contributed by atoms with Gasteiger partial charge in [-0.3, -0.25) is 14.4 Å². The highest BCUT2D eigenvalue weighted by Crippen LogP contribution is 2.29. The van der Waals surface area contributed by atoms with Crippen molar-refractivity contribution in [3.05, 3.63) is 42.0 Å². The topological polar surface area (TPSA) is 66.5 Å². The molecule has 0 spiro atoms. The number of carbonyl (C=O) groups is 3. The standard InChI is InChI=1S/C20H26N2O3/c1-4-22(5-2)20(25)18-9-7-6-8-17(18)19(24)21-16-12-10-15(11-13-16)14(3)23/h6-7,10-13,17-18H,4-5,8-9H2,1-3H3,(H,21,24). The highest BCUT2D eigenvalue weighted by molar-refractivity contribution is 5.98. The van der Waals surface area contributed by atoms with E-state index < -0.39 is 0 Å². The van der Waals surface area contributed by atoms with Crippen LogP contribution in [0.1, 0.15) is 44.0 Å². The van der Waals surface area contributed by atoms with Crippen LogP contribution in [-0.2, 0) is 9.59 Å². The lowest BCUT2D eigenvalue weighted by Gasteiger charge is -2.31. The number of nitrogens with one attached hydrogen (secondary N) is 1. The predicted octanol–water partition coefficient (Wildman–Crippen LogP) is 3.28. The maximum atomic E-state index is 12.7. The summed E-state index contributed by atoms with van der Waals surface area (Å²) in [5.74, 6) is -0.806. The van der Waals surface area contributed by atoms with Crippen LogP contribution in [0.25, 0.3) is 0 Å². The molecule has 0 heterocycles. The Morgan fingerprint density at radius 3 is 2.08 bits per heavy atom. The molecular formula is C20H26N2O3. The van der Waals surface area contributed by atoms with Gasteiger partial charge in [-0.05, 0) is 57.9 Å². The first-order valence-corrected chi connectivity index (χ1v) is 8.83. The number of anilines is 1. The van der Waals surface area contributed by atoms with Gasteiger partial charge in [-0.2, -0.15) is 0 Å². The van der Waals surface area contributed by atoms with Gasteiger partial charge in [-0.1, -0.05) is 12.2 Å². The van der Waals surface area contributed by atoms with E-state index in [0.29, 0.717) is 37.2 Å². The van der Waals surface area contributed by atoms with Gasteiger partial charge in [-0.25, -0.2) is 0 Å². The smallest absolute Gasteiger partial charge is 0.228 e. The normalized spacial score (nSPS) is 19.3. The Morgan fingerprint density at radius 2 is 1.56 bits per heavy atom. The molecule has 5 heteroatoms. The van der Waals surface area contributed by atoms with Crippen LogP contribution in [-0.4, -0.2) is 35.6 Å². The molecule has 0 fully saturated rings. The summed E-state index contributed by atoms with van der Waals surface area (Å²) < 4.78 is 0. The molecule has 1 aromatic rings. The molecule has 1 aliphatic carbocycles. The number of allylic oxidation sites excluding steroid dienone is 2. The predicted molar refractivity (Wildman–Crippen MR) is 98.4 cm³/mol. The van der Waals surface area contributed by atoms with Crippen molar-refractivity contribution in [2.45, 2.75) is 33.6 Å². The monoisotopic (exact) mass is 342 g/mol. The minimum Gasteiger partial charge on any atom is -0.343 e. The lowest BCUT2D eigenvalue weighted by Crippen LogP contribution is -2.43. The van der Waals surface area contributed by atoms with Crippen molar-refractivity contribution in [1.29, 1.82) is 0 Å². The fourth-order valence-electron chi connectivity index (χ4n) is 3.17. The molecule has 134 valence electrons. The van der Waals surface area contributed by atoms with Crippen LogP contribution in [0.3, 0.4) is 0 Å². The molecule has 0 saturated heterocycles. The number of rotatable bonds is 6. The zero-order chi connectivity index (χ0) is 18.4. The number of hydrogen-bond acceptors (Lipinski definition) is 3. The first-order valence-electron chi connectivity index (χ1n) is 8.83. The fraction of sp³-hybridized carbons (Fsp3) is 0.450. The van der Waals surface area contributed by atoms with Crippen LogP contribution < -0.4 is 5.32 Å². The van der Waals surface area contributed by atoms with Crippen LogP contribution >= 0.6 is 0 Å². The molecule has 1 aromatic carbocycles. The largest absolute Gasteiger partial charge is 0.343 e. The van der Waals surface area contributed by atoms with E-state index in [2.05, 4.69) is 5.32 Å². The van der Waals surface area contributed by atoms with Gasteiger partial charge in [0.05, 0.1) is 11.8 Å². The second-order valence-corrected chi connectivity index (χ2v) is 6.29. The Balaban J connectivity index is 2.11. The molecule has 2 unspecified atom stereocenters. The molecule has 5 nitrogen and oxygen atoms in total. The number of amides is 2. The number of nitrogens with zero attached hydrogens (tertiary/aromatic N) is 1. The molecule has 0 aliphatic heterocycles. The summed E-state index contributed by atoms with van der Waals surface area (Å²) in [6.45, 7) is 6.70. The Morgan fingerprint density at radius 1 is 1.00 bits per heavy atom. The van der Waals surface area contributed by atoms with Gasteiger partial charge in [0.25, 0.3) is 0 Å². The molecule has 1 aliphatic rings. The van der Waals surface area contributed by atoms with Crippen molar-refractivity contribution in [3.63, 3.8) is 0 Å². The molecule has 25 heavy (non-hydrogen) atoms. The first-order chi connectivity index (χ1) is 12.0. The Kier molecular flexibility index (Phi) is 6.51. The number of carbonyl (C=O) groups excluding carboxylic acids is 3. The van der Waals surface area contributed by atoms with Crippen LogP contribution in [0.5, 0.6) is 0 Å². The van der Waals surface area contributed by atoms with Gasteiger partial charge >= 0.3 is 0 Å². The van der Waals surface area contributed by atoms with E-state index >= 15 is 0 Å². The zero-order valence-electron chi connectivity index (χ0n) is 15.1. The van der Waals surface area contributed by atoms with E-state index in [0.717, 1.165) is 0 Å². The minimum absolute atomic E-state index is 0.0137. The number of Topliss-reactive ketones (excluding diaryl/α,β-unsaturated/α-hetero) is 1. The van der Waals surface area contributed by atoms with E-state index in [-0.39, 0.29) is 29.4 Å². The van der Waals surface area contributed by atoms with Crippen molar-refractivity contribution < 1.29 is 14.4 Å². The van der Waals surface area contributed by atoms with Crippen molar-refractivity contribution >= 4 is 23.3 Å². The summed E-state index contributed by atoms with van der Waals surface area (Å²) in [5.41, 5.74) is 1.24. The van der Waals surface area contributed by atoms with Gasteiger partial charge in [-0.15, -0.1) is 0 Å². The lowest BCUT2D eigenvalue weighted by molar-refractivity contribution is -0.140. The molecule has 2 amide bonds. The second kappa shape index (κ2) is 8.60. The van der Waals surface area contributed by atoms with Crippen LogP contribution in [0.2, 0.25) is 0 Å². The SMILES string of the molecule is CCN(CC)C(=O)C1CC=CCC1C(=O)Nc1ccc(C(C)=O)cc1. The van der Waals surface area contributed by atoms with E-state index in [9.17, 15) is 14.4 Å². The summed E-state index contributed by atoms with van der Waals surface area (Å²) in [5, 5.41) is 2.88. The lowest BCUT2D eigenvalue weighted by atomic mass is 9.81. The second-order valence-electron chi connectivity index (χ2n) is 6.29. The van der Waals surface area contributed by atoms with E-state index in [1.807, 2.05) is 26.0 Å². The van der Waals surface area contributed by atoms with Gasteiger partial charge in [0, 0.05) is 24.3 Å². The molecule has 2 rings (SSSR count). The van der Waals surface area contributed by atoms with E-state index in [1.54, 1.807) is 29.2 Å². The number of ketones is 1. The maximum Gasteiger partial charge on any atom is 0.228 e. The van der Waals surface area contributed by atoms with Crippen molar-refractivity contribution in [3.8, 4) is 0 Å². The Hall–Kier alpha value is -2.43. The summed E-state index contributed by atoms with van der Waals surface area (Å²) in [4.78, 5) is 38.6. The highest BCUT2D eigenvalue weighted by atomic mass is 16.2. The fourth-order valence-corrected chi connectivity index (χ4v) is 3.17. The van der Waals surface area contributed by atoms with Gasteiger partial charge in [0.1, 0.15) is 0 Å². The third kappa shape index (κ3) is 4.56. The van der Waals surface area contributed by atoms with Crippen molar-refractivity contribution in [2.75, 3.05) is 18.4 Å². The van der Waals surface area contributed by atoms with Gasteiger partial charge < -0.3 is 10.2 Å². The van der Waals surface area contributed by atoms with Gasteiger partial charge in [0.2, 0.25) is 11.8 Å². The molecule has 0 aromatic heterocycles. The third-order valence-corrected chi connectivity index (χ3v) is 4.72. The number of hydrogen-bond donors (Lipinski definition) is 1. The first kappa shape index (κ1) is 18.9. The van der Waals surface area contributed by atoms with E-state index in [1.165, 1.54) is 6.92 Å². The van der Waals surface area contributed by atoms with E-state index in [4.69, 9.17) is 0 Å². The molecule has 0 saturated carbocycles. The summed E-state index contributed by atoms with van der Waals surface area (Å²) in [6.07, 6.45) is 5.11. The molecule has 1 N–H and O–H groups in total. The highest BCUT2D eigenvalue weighted by Gasteiger charge is 2.35. The average Bonchev–Trinajstić information content (AvgIpc) is 2.63. The molecule has 0 radical (unpaired) electrons. The van der Waals surface area contributed by atoms with Crippen LogP contribution in [0.4, 0.5) is 5.69 Å². The van der Waals surface area contributed by atoms with Crippen LogP contribution in [0, 0.1) is 11.8 Å². The minimum atomic E-state index is -0.370. The van der Waals surface area contributed by atoms with Crippen molar-refractivity contribution in [2.24, 2.45) is 11.8 Å². The zero-order valence-corrected chi connectivity index (χ0v) is 15.1. The van der Waals surface area contributed by atoms with Gasteiger partial charge in [0.15, 0.2) is 5.78 Å². The quantitative estimate of drug-likeness (QED) is 0.637. The maximum absolute atomic E-state index is 12.7. The van der Waals surface area contributed by atoms with Crippen molar-refractivity contribution in [1.82, 2.24) is 4.90 Å². The summed E-state index contributed by atoms with van der Waals surface area (Å²) >= 11 is 0. The Labute approximate surface area is 149 Å². The summed E-state index contributed by atoms with van der Waals surface area (Å²) in [7, 11) is 0. The average molecular weight is 342 g/mol. The van der Waals surface area contributed by atoms with Crippen LogP contribution in [0.15, 0.2) is 36.4 Å². The summed E-state index contributed by atoms with van der Waals surface area (Å²) in [6, 6.07) is 6.82.